The lowest BCUT2D eigenvalue weighted by atomic mass is 10.1. The van der Waals surface area contributed by atoms with Crippen LogP contribution in [0.25, 0.3) is 11.4 Å². The van der Waals surface area contributed by atoms with Crippen molar-refractivity contribution in [1.29, 1.82) is 0 Å². The summed E-state index contributed by atoms with van der Waals surface area (Å²) in [6.07, 6.45) is -6.18. The van der Waals surface area contributed by atoms with Crippen molar-refractivity contribution in [3.05, 3.63) is 53.2 Å². The number of rotatable bonds is 7. The highest BCUT2D eigenvalue weighted by molar-refractivity contribution is 7.92. The number of aromatic nitrogens is 4. The standard InChI is InChI=1S/C19H18F4N6O4S/c1-9-13(27-34(3,31)32)6-7-14(24-9)15-18(29(2)28-26-15)25-19(30)33-16(17(22)23)11-8-10(20)4-5-12(11)21/h4-8,16-17,27H,1-3H3,(H,25,30). The summed E-state index contributed by atoms with van der Waals surface area (Å²) in [4.78, 5) is 16.6. The predicted molar refractivity (Wildman–Crippen MR) is 113 cm³/mol. The summed E-state index contributed by atoms with van der Waals surface area (Å²) in [5, 5.41) is 9.80. The topological polar surface area (TPSA) is 128 Å². The Morgan fingerprint density at radius 2 is 1.88 bits per heavy atom. The minimum Gasteiger partial charge on any atom is -0.435 e. The maximum absolute atomic E-state index is 13.9. The largest absolute Gasteiger partial charge is 0.435 e. The van der Waals surface area contributed by atoms with Gasteiger partial charge < -0.3 is 4.74 Å². The quantitative estimate of drug-likeness (QED) is 0.474. The van der Waals surface area contributed by atoms with Crippen LogP contribution in [0.3, 0.4) is 0 Å². The van der Waals surface area contributed by atoms with Crippen molar-refractivity contribution in [2.24, 2.45) is 7.05 Å². The second kappa shape index (κ2) is 9.62. The Kier molecular flexibility index (Phi) is 7.04. The number of carbonyl (C=O) groups is 1. The van der Waals surface area contributed by atoms with Gasteiger partial charge in [0.1, 0.15) is 11.6 Å². The zero-order chi connectivity index (χ0) is 25.2. The molecule has 0 aliphatic heterocycles. The highest BCUT2D eigenvalue weighted by atomic mass is 32.2. The van der Waals surface area contributed by atoms with E-state index in [4.69, 9.17) is 0 Å². The van der Waals surface area contributed by atoms with Gasteiger partial charge in [0.05, 0.1) is 23.3 Å². The molecule has 0 saturated heterocycles. The molecule has 3 rings (SSSR count). The molecule has 2 heterocycles. The summed E-state index contributed by atoms with van der Waals surface area (Å²) in [6, 6.07) is 4.69. The predicted octanol–water partition coefficient (Wildman–Crippen LogP) is 3.39. The molecule has 0 bridgehead atoms. The van der Waals surface area contributed by atoms with Gasteiger partial charge in [-0.3, -0.25) is 10.0 Å². The molecule has 1 unspecified atom stereocenters. The Hall–Kier alpha value is -3.75. The summed E-state index contributed by atoms with van der Waals surface area (Å²) >= 11 is 0. The van der Waals surface area contributed by atoms with Crippen molar-refractivity contribution in [2.45, 2.75) is 19.5 Å². The monoisotopic (exact) mass is 502 g/mol. The molecule has 0 aliphatic carbocycles. The van der Waals surface area contributed by atoms with Crippen LogP contribution in [-0.4, -0.2) is 47.2 Å². The molecule has 1 amide bonds. The molecule has 0 aliphatic rings. The van der Waals surface area contributed by atoms with Crippen LogP contribution in [0.2, 0.25) is 0 Å². The zero-order valence-electron chi connectivity index (χ0n) is 17.9. The van der Waals surface area contributed by atoms with Crippen LogP contribution in [0.15, 0.2) is 30.3 Å². The van der Waals surface area contributed by atoms with Crippen LogP contribution in [0.5, 0.6) is 0 Å². The van der Waals surface area contributed by atoms with Crippen molar-refractivity contribution >= 4 is 27.6 Å². The first kappa shape index (κ1) is 24.9. The fraction of sp³-hybridized carbons (Fsp3) is 0.263. The second-order valence-electron chi connectivity index (χ2n) is 7.07. The summed E-state index contributed by atoms with van der Waals surface area (Å²) in [5.41, 5.74) is -0.164. The lowest BCUT2D eigenvalue weighted by molar-refractivity contribution is -0.0162. The fourth-order valence-electron chi connectivity index (χ4n) is 2.90. The molecule has 2 N–H and O–H groups in total. The van der Waals surface area contributed by atoms with E-state index in [0.717, 1.165) is 17.0 Å². The van der Waals surface area contributed by atoms with E-state index in [0.29, 0.717) is 12.1 Å². The molecular formula is C19H18F4N6O4S. The number of halogens is 4. The van der Waals surface area contributed by atoms with E-state index in [1.165, 1.54) is 26.1 Å². The summed E-state index contributed by atoms with van der Waals surface area (Å²) in [6.45, 7) is 1.52. The van der Waals surface area contributed by atoms with Crippen molar-refractivity contribution in [1.82, 2.24) is 20.0 Å². The van der Waals surface area contributed by atoms with E-state index in [9.17, 15) is 30.8 Å². The Morgan fingerprint density at radius 3 is 2.50 bits per heavy atom. The minimum atomic E-state index is -3.55. The third-order valence-electron chi connectivity index (χ3n) is 4.40. The summed E-state index contributed by atoms with van der Waals surface area (Å²) in [7, 11) is -2.17. The van der Waals surface area contributed by atoms with Gasteiger partial charge >= 0.3 is 6.09 Å². The maximum atomic E-state index is 13.9. The summed E-state index contributed by atoms with van der Waals surface area (Å²) in [5.74, 6) is -2.27. The molecule has 2 aromatic heterocycles. The number of aryl methyl sites for hydroxylation is 2. The molecule has 0 fully saturated rings. The molecule has 0 saturated carbocycles. The van der Waals surface area contributed by atoms with Crippen LogP contribution in [-0.2, 0) is 21.8 Å². The molecule has 182 valence electrons. The molecule has 1 atom stereocenters. The number of nitrogens with one attached hydrogen (secondary N) is 2. The van der Waals surface area contributed by atoms with E-state index < -0.39 is 45.8 Å². The Morgan fingerprint density at radius 1 is 1.18 bits per heavy atom. The van der Waals surface area contributed by atoms with Gasteiger partial charge in [-0.1, -0.05) is 5.21 Å². The number of carbonyl (C=O) groups excluding carboxylic acids is 1. The number of nitrogens with zero attached hydrogens (tertiary/aromatic N) is 4. The second-order valence-corrected chi connectivity index (χ2v) is 8.81. The number of hydrogen-bond donors (Lipinski definition) is 2. The molecule has 0 radical (unpaired) electrons. The molecule has 10 nitrogen and oxygen atoms in total. The molecule has 3 aromatic rings. The maximum Gasteiger partial charge on any atom is 0.413 e. The lowest BCUT2D eigenvalue weighted by Gasteiger charge is -2.18. The van der Waals surface area contributed by atoms with Crippen molar-refractivity contribution < 1.29 is 35.5 Å². The van der Waals surface area contributed by atoms with E-state index in [2.05, 4.69) is 30.1 Å². The van der Waals surface area contributed by atoms with E-state index >= 15 is 0 Å². The number of ether oxygens (including phenoxy) is 1. The van der Waals surface area contributed by atoms with Gasteiger partial charge in [-0.25, -0.2) is 40.4 Å². The number of hydrogen-bond acceptors (Lipinski definition) is 7. The smallest absolute Gasteiger partial charge is 0.413 e. The third kappa shape index (κ3) is 5.78. The first-order chi connectivity index (χ1) is 15.9. The highest BCUT2D eigenvalue weighted by Gasteiger charge is 2.31. The number of alkyl halides is 2. The van der Waals surface area contributed by atoms with E-state index in [-0.39, 0.29) is 28.6 Å². The number of anilines is 2. The van der Waals surface area contributed by atoms with Crippen molar-refractivity contribution in [3.8, 4) is 11.4 Å². The first-order valence-electron chi connectivity index (χ1n) is 9.42. The molecule has 0 spiro atoms. The lowest BCUT2D eigenvalue weighted by Crippen LogP contribution is -2.24. The molecular weight excluding hydrogens is 484 g/mol. The van der Waals surface area contributed by atoms with Gasteiger partial charge in [0.15, 0.2) is 17.6 Å². The van der Waals surface area contributed by atoms with Gasteiger partial charge in [0.25, 0.3) is 6.43 Å². The van der Waals surface area contributed by atoms with Gasteiger partial charge in [0.2, 0.25) is 10.0 Å². The third-order valence-corrected chi connectivity index (χ3v) is 4.99. The van der Waals surface area contributed by atoms with Gasteiger partial charge in [-0.05, 0) is 37.3 Å². The number of sulfonamides is 1. The molecule has 1 aromatic carbocycles. The van der Waals surface area contributed by atoms with E-state index in [1.54, 1.807) is 0 Å². The average Bonchev–Trinajstić information content (AvgIpc) is 3.08. The average molecular weight is 502 g/mol. The van der Waals surface area contributed by atoms with Gasteiger partial charge in [-0.15, -0.1) is 5.10 Å². The Balaban J connectivity index is 1.86. The Labute approximate surface area is 191 Å². The van der Waals surface area contributed by atoms with Crippen LogP contribution < -0.4 is 10.0 Å². The van der Waals surface area contributed by atoms with E-state index in [1.807, 2.05) is 0 Å². The molecule has 15 heteroatoms. The number of benzene rings is 1. The zero-order valence-corrected chi connectivity index (χ0v) is 18.7. The highest BCUT2D eigenvalue weighted by Crippen LogP contribution is 2.30. The van der Waals surface area contributed by atoms with Gasteiger partial charge in [0, 0.05) is 12.6 Å². The van der Waals surface area contributed by atoms with Crippen LogP contribution in [0.1, 0.15) is 17.4 Å². The van der Waals surface area contributed by atoms with Crippen LogP contribution in [0.4, 0.5) is 33.9 Å². The fourth-order valence-corrected chi connectivity index (χ4v) is 3.51. The van der Waals surface area contributed by atoms with Crippen LogP contribution >= 0.6 is 0 Å². The first-order valence-corrected chi connectivity index (χ1v) is 11.3. The minimum absolute atomic E-state index is 0.0130. The van der Waals surface area contributed by atoms with Crippen molar-refractivity contribution in [3.63, 3.8) is 0 Å². The van der Waals surface area contributed by atoms with Crippen molar-refractivity contribution in [2.75, 3.05) is 16.3 Å². The number of pyridine rings is 1. The Bertz CT molecular complexity index is 1330. The van der Waals surface area contributed by atoms with Gasteiger partial charge in [-0.2, -0.15) is 0 Å². The summed E-state index contributed by atoms with van der Waals surface area (Å²) < 4.78 is 85.3. The van der Waals surface area contributed by atoms with Crippen LogP contribution in [0, 0.1) is 18.6 Å². The normalized spacial score (nSPS) is 12.5. The number of amides is 1. The molecule has 34 heavy (non-hydrogen) atoms. The SMILES string of the molecule is Cc1nc(-c2nnn(C)c2NC(=O)OC(c2cc(F)ccc2F)C(F)F)ccc1NS(C)(=O)=O.